The summed E-state index contributed by atoms with van der Waals surface area (Å²) >= 11 is 1.17. The van der Waals surface area contributed by atoms with Crippen LogP contribution in [0.5, 0.6) is 0 Å². The molecule has 0 spiro atoms. The first-order chi connectivity index (χ1) is 8.36. The SMILES string of the molecule is N#CSc1ccc(NCCO)c2ccccc12. The number of fused-ring (bicyclic) bond motifs is 1. The van der Waals surface area contributed by atoms with Crippen LogP contribution in [0.4, 0.5) is 5.69 Å². The number of aliphatic hydroxyl groups is 1. The van der Waals surface area contributed by atoms with Crippen molar-refractivity contribution >= 4 is 28.2 Å². The summed E-state index contributed by atoms with van der Waals surface area (Å²) in [5.74, 6) is 0. The van der Waals surface area contributed by atoms with E-state index in [2.05, 4.69) is 10.7 Å². The van der Waals surface area contributed by atoms with Gasteiger partial charge in [0.05, 0.1) is 6.61 Å². The lowest BCUT2D eigenvalue weighted by Gasteiger charge is -2.10. The van der Waals surface area contributed by atoms with E-state index >= 15 is 0 Å². The highest BCUT2D eigenvalue weighted by Crippen LogP contribution is 2.32. The van der Waals surface area contributed by atoms with Gasteiger partial charge in [-0.15, -0.1) is 0 Å². The van der Waals surface area contributed by atoms with E-state index in [-0.39, 0.29) is 6.61 Å². The second kappa shape index (κ2) is 5.58. The minimum absolute atomic E-state index is 0.100. The topological polar surface area (TPSA) is 56.0 Å². The van der Waals surface area contributed by atoms with Crippen LogP contribution in [-0.4, -0.2) is 18.3 Å². The summed E-state index contributed by atoms with van der Waals surface area (Å²) in [5.41, 5.74) is 0.983. The standard InChI is InChI=1S/C13H12N2OS/c14-9-17-13-6-5-12(15-7-8-16)10-3-1-2-4-11(10)13/h1-6,15-16H,7-8H2. The Morgan fingerprint density at radius 3 is 2.65 bits per heavy atom. The number of thiocyanates is 1. The summed E-state index contributed by atoms with van der Waals surface area (Å²) < 4.78 is 0. The number of hydrogen-bond donors (Lipinski definition) is 2. The van der Waals surface area contributed by atoms with Gasteiger partial charge in [0.15, 0.2) is 0 Å². The highest BCUT2D eigenvalue weighted by atomic mass is 32.2. The fraction of sp³-hybridized carbons (Fsp3) is 0.154. The quantitative estimate of drug-likeness (QED) is 0.641. The predicted molar refractivity (Wildman–Crippen MR) is 71.0 cm³/mol. The number of benzene rings is 2. The molecule has 0 atom stereocenters. The Bertz CT molecular complexity index is 563. The number of anilines is 1. The Kier molecular flexibility index (Phi) is 3.86. The molecule has 0 fully saturated rings. The summed E-state index contributed by atoms with van der Waals surface area (Å²) in [5, 5.41) is 25.0. The Labute approximate surface area is 104 Å². The van der Waals surface area contributed by atoms with Crippen molar-refractivity contribution in [1.82, 2.24) is 0 Å². The van der Waals surface area contributed by atoms with Crippen molar-refractivity contribution < 1.29 is 5.11 Å². The van der Waals surface area contributed by atoms with Crippen LogP contribution >= 0.6 is 11.8 Å². The molecule has 0 aromatic heterocycles. The van der Waals surface area contributed by atoms with E-state index in [0.717, 1.165) is 21.4 Å². The third-order valence-electron chi connectivity index (χ3n) is 2.47. The first-order valence-corrected chi connectivity index (χ1v) is 6.11. The van der Waals surface area contributed by atoms with Crippen LogP contribution in [0, 0.1) is 10.7 Å². The Morgan fingerprint density at radius 2 is 1.94 bits per heavy atom. The molecular weight excluding hydrogens is 232 g/mol. The maximum Gasteiger partial charge on any atom is 0.138 e. The molecule has 0 aliphatic heterocycles. The third-order valence-corrected chi connectivity index (χ3v) is 3.13. The van der Waals surface area contributed by atoms with Gasteiger partial charge in [0.2, 0.25) is 0 Å². The molecular formula is C13H12N2OS. The van der Waals surface area contributed by atoms with Crippen molar-refractivity contribution in [2.45, 2.75) is 4.90 Å². The molecule has 86 valence electrons. The molecule has 2 aromatic rings. The minimum atomic E-state index is 0.100. The molecule has 2 N–H and O–H groups in total. The second-order valence-electron chi connectivity index (χ2n) is 3.50. The fourth-order valence-corrected chi connectivity index (χ4v) is 2.28. The molecule has 2 aromatic carbocycles. The van der Waals surface area contributed by atoms with Crippen molar-refractivity contribution in [3.05, 3.63) is 36.4 Å². The smallest absolute Gasteiger partial charge is 0.138 e. The van der Waals surface area contributed by atoms with Gasteiger partial charge in [0.1, 0.15) is 5.40 Å². The molecule has 0 amide bonds. The first kappa shape index (κ1) is 11.8. The van der Waals surface area contributed by atoms with E-state index in [1.165, 1.54) is 11.8 Å². The highest BCUT2D eigenvalue weighted by molar-refractivity contribution is 8.04. The Morgan fingerprint density at radius 1 is 1.18 bits per heavy atom. The molecule has 2 rings (SSSR count). The van der Waals surface area contributed by atoms with Gasteiger partial charge in [-0.3, -0.25) is 0 Å². The highest BCUT2D eigenvalue weighted by Gasteiger charge is 2.05. The summed E-state index contributed by atoms with van der Waals surface area (Å²) in [4.78, 5) is 0.956. The fourth-order valence-electron chi connectivity index (χ4n) is 1.75. The zero-order valence-corrected chi connectivity index (χ0v) is 10.00. The van der Waals surface area contributed by atoms with Crippen molar-refractivity contribution in [2.24, 2.45) is 0 Å². The van der Waals surface area contributed by atoms with Crippen LogP contribution in [0.25, 0.3) is 10.8 Å². The number of nitriles is 1. The largest absolute Gasteiger partial charge is 0.395 e. The van der Waals surface area contributed by atoms with Gasteiger partial charge in [-0.1, -0.05) is 24.3 Å². The lowest BCUT2D eigenvalue weighted by molar-refractivity contribution is 0.311. The number of thioether (sulfide) groups is 1. The van der Waals surface area contributed by atoms with Crippen LogP contribution < -0.4 is 5.32 Å². The van der Waals surface area contributed by atoms with E-state index < -0.39 is 0 Å². The van der Waals surface area contributed by atoms with Gasteiger partial charge in [-0.25, -0.2) is 0 Å². The van der Waals surface area contributed by atoms with E-state index in [9.17, 15) is 0 Å². The maximum absolute atomic E-state index is 8.83. The number of nitrogens with one attached hydrogen (secondary N) is 1. The summed E-state index contributed by atoms with van der Waals surface area (Å²) in [6, 6.07) is 11.8. The molecule has 0 saturated carbocycles. The molecule has 0 aliphatic carbocycles. The number of hydrogen-bond acceptors (Lipinski definition) is 4. The minimum Gasteiger partial charge on any atom is -0.395 e. The Hall–Kier alpha value is -1.70. The van der Waals surface area contributed by atoms with Crippen LogP contribution in [0.2, 0.25) is 0 Å². The van der Waals surface area contributed by atoms with Gasteiger partial charge < -0.3 is 10.4 Å². The zero-order chi connectivity index (χ0) is 12.1. The lowest BCUT2D eigenvalue weighted by Crippen LogP contribution is -2.05. The first-order valence-electron chi connectivity index (χ1n) is 5.29. The molecule has 3 nitrogen and oxygen atoms in total. The van der Waals surface area contributed by atoms with Gasteiger partial charge >= 0.3 is 0 Å². The average molecular weight is 244 g/mol. The van der Waals surface area contributed by atoms with Crippen molar-refractivity contribution in [3.8, 4) is 5.40 Å². The number of rotatable bonds is 4. The summed E-state index contributed by atoms with van der Waals surface area (Å²) in [6.07, 6.45) is 0. The summed E-state index contributed by atoms with van der Waals surface area (Å²) in [6.45, 7) is 0.623. The van der Waals surface area contributed by atoms with Crippen molar-refractivity contribution in [3.63, 3.8) is 0 Å². The molecule has 4 heteroatoms. The number of nitrogens with zero attached hydrogens (tertiary/aromatic N) is 1. The third kappa shape index (κ3) is 2.52. The van der Waals surface area contributed by atoms with Gasteiger partial charge in [-0.2, -0.15) is 5.26 Å². The van der Waals surface area contributed by atoms with Gasteiger partial charge in [-0.05, 0) is 29.3 Å². The lowest BCUT2D eigenvalue weighted by atomic mass is 10.1. The Balaban J connectivity index is 2.51. The van der Waals surface area contributed by atoms with Crippen LogP contribution in [0.3, 0.4) is 0 Å². The summed E-state index contributed by atoms with van der Waals surface area (Å²) in [7, 11) is 0. The van der Waals surface area contributed by atoms with Crippen molar-refractivity contribution in [2.75, 3.05) is 18.5 Å². The molecule has 0 unspecified atom stereocenters. The monoisotopic (exact) mass is 244 g/mol. The van der Waals surface area contributed by atoms with Gasteiger partial charge in [0, 0.05) is 22.5 Å². The molecule has 0 heterocycles. The zero-order valence-electron chi connectivity index (χ0n) is 9.18. The molecule has 0 bridgehead atoms. The average Bonchev–Trinajstić information content (AvgIpc) is 2.38. The normalized spacial score (nSPS) is 10.1. The van der Waals surface area contributed by atoms with Crippen LogP contribution in [0.15, 0.2) is 41.3 Å². The molecule has 17 heavy (non-hydrogen) atoms. The van der Waals surface area contributed by atoms with E-state index in [1.807, 2.05) is 36.4 Å². The van der Waals surface area contributed by atoms with Crippen LogP contribution in [-0.2, 0) is 0 Å². The van der Waals surface area contributed by atoms with E-state index in [1.54, 1.807) is 0 Å². The second-order valence-corrected chi connectivity index (χ2v) is 4.33. The molecule has 0 aliphatic rings. The van der Waals surface area contributed by atoms with E-state index in [0.29, 0.717) is 6.54 Å². The molecule has 0 saturated heterocycles. The predicted octanol–water partition coefficient (Wildman–Crippen LogP) is 2.82. The van der Waals surface area contributed by atoms with Gasteiger partial charge in [0.25, 0.3) is 0 Å². The van der Waals surface area contributed by atoms with Crippen LogP contribution in [0.1, 0.15) is 0 Å². The van der Waals surface area contributed by atoms with Crippen molar-refractivity contribution in [1.29, 1.82) is 5.26 Å². The maximum atomic E-state index is 8.83. The van der Waals surface area contributed by atoms with E-state index in [4.69, 9.17) is 10.4 Å². The number of aliphatic hydroxyl groups excluding tert-OH is 1. The molecule has 0 radical (unpaired) electrons.